The zero-order valence-electron chi connectivity index (χ0n) is 13.0. The van der Waals surface area contributed by atoms with Crippen LogP contribution < -0.4 is 10.1 Å². The van der Waals surface area contributed by atoms with Crippen molar-refractivity contribution < 1.29 is 9.47 Å². The molecule has 0 radical (unpaired) electrons. The number of hydrogen-bond acceptors (Lipinski definition) is 3. The van der Waals surface area contributed by atoms with Crippen LogP contribution in [0.5, 0.6) is 5.75 Å². The molecule has 116 valence electrons. The highest BCUT2D eigenvalue weighted by molar-refractivity contribution is 7.80. The minimum absolute atomic E-state index is 0.296. The van der Waals surface area contributed by atoms with Gasteiger partial charge in [-0.15, -0.1) is 0 Å². The molecule has 1 aromatic carbocycles. The van der Waals surface area contributed by atoms with Crippen molar-refractivity contribution in [3.05, 3.63) is 29.3 Å². The molecule has 1 atom stereocenters. The molecule has 1 aromatic rings. The summed E-state index contributed by atoms with van der Waals surface area (Å²) < 4.78 is 11.0. The lowest BCUT2D eigenvalue weighted by Gasteiger charge is -2.23. The zero-order chi connectivity index (χ0) is 15.2. The summed E-state index contributed by atoms with van der Waals surface area (Å²) in [6.07, 6.45) is 2.56. The molecule has 0 spiro atoms. The second kappa shape index (κ2) is 7.61. The van der Waals surface area contributed by atoms with Gasteiger partial charge in [-0.3, -0.25) is 0 Å². The molecule has 0 unspecified atom stereocenters. The first kappa shape index (κ1) is 16.0. The molecular weight excluding hydrogens is 284 g/mol. The summed E-state index contributed by atoms with van der Waals surface area (Å²) in [6.45, 7) is 4.46. The van der Waals surface area contributed by atoms with Crippen LogP contribution in [0.2, 0.25) is 0 Å². The number of rotatable bonds is 5. The maximum atomic E-state index is 5.59. The number of benzene rings is 1. The fraction of sp³-hybridized carbons (Fsp3) is 0.562. The summed E-state index contributed by atoms with van der Waals surface area (Å²) in [5.74, 6) is 0.898. The number of nitrogens with one attached hydrogen (secondary N) is 1. The standard InChI is InChI=1S/C16H24N2O2S/c1-12-6-7-15(19-3)13(9-12)11-18(2)16(21)17-10-14-5-4-8-20-14/h6-7,9,14H,4-5,8,10-11H2,1-3H3,(H,17,21)/t14-/m1/s1. The van der Waals surface area contributed by atoms with E-state index in [4.69, 9.17) is 21.7 Å². The SMILES string of the molecule is COc1ccc(C)cc1CN(C)C(=S)NC[C@H]1CCCO1. The topological polar surface area (TPSA) is 33.7 Å². The average molecular weight is 308 g/mol. The smallest absolute Gasteiger partial charge is 0.169 e. The van der Waals surface area contributed by atoms with Crippen molar-refractivity contribution in [2.24, 2.45) is 0 Å². The Morgan fingerprint density at radius 2 is 2.33 bits per heavy atom. The van der Waals surface area contributed by atoms with E-state index >= 15 is 0 Å². The first-order valence-electron chi connectivity index (χ1n) is 7.34. The molecule has 1 N–H and O–H groups in total. The Kier molecular flexibility index (Phi) is 5.82. The van der Waals surface area contributed by atoms with Crippen LogP contribution in [0.1, 0.15) is 24.0 Å². The fourth-order valence-corrected chi connectivity index (χ4v) is 2.65. The maximum Gasteiger partial charge on any atom is 0.169 e. The van der Waals surface area contributed by atoms with Crippen LogP contribution in [0.4, 0.5) is 0 Å². The van der Waals surface area contributed by atoms with E-state index in [0.29, 0.717) is 6.10 Å². The van der Waals surface area contributed by atoms with Crippen LogP contribution in [0.25, 0.3) is 0 Å². The highest BCUT2D eigenvalue weighted by atomic mass is 32.1. The quantitative estimate of drug-likeness (QED) is 0.845. The number of methoxy groups -OCH3 is 1. The summed E-state index contributed by atoms with van der Waals surface area (Å²) in [4.78, 5) is 2.03. The summed E-state index contributed by atoms with van der Waals surface area (Å²) in [6, 6.07) is 6.19. The molecule has 1 aliphatic heterocycles. The molecule has 0 aromatic heterocycles. The Bertz CT molecular complexity index is 487. The van der Waals surface area contributed by atoms with Gasteiger partial charge < -0.3 is 19.7 Å². The molecule has 21 heavy (non-hydrogen) atoms. The fourth-order valence-electron chi connectivity index (χ4n) is 2.50. The molecule has 0 amide bonds. The van der Waals surface area contributed by atoms with Gasteiger partial charge in [-0.1, -0.05) is 17.7 Å². The Morgan fingerprint density at radius 3 is 3.00 bits per heavy atom. The van der Waals surface area contributed by atoms with Crippen molar-refractivity contribution >= 4 is 17.3 Å². The van der Waals surface area contributed by atoms with Crippen LogP contribution in [-0.2, 0) is 11.3 Å². The molecule has 0 aliphatic carbocycles. The van der Waals surface area contributed by atoms with E-state index in [1.807, 2.05) is 18.0 Å². The second-order valence-corrected chi connectivity index (χ2v) is 5.88. The highest BCUT2D eigenvalue weighted by Gasteiger charge is 2.16. The Balaban J connectivity index is 1.89. The van der Waals surface area contributed by atoms with Gasteiger partial charge in [-0.2, -0.15) is 0 Å². The molecule has 1 heterocycles. The van der Waals surface area contributed by atoms with Crippen LogP contribution in [0.15, 0.2) is 18.2 Å². The highest BCUT2D eigenvalue weighted by Crippen LogP contribution is 2.21. The normalized spacial score (nSPS) is 17.6. The van der Waals surface area contributed by atoms with Gasteiger partial charge in [0.25, 0.3) is 0 Å². The van der Waals surface area contributed by atoms with E-state index < -0.39 is 0 Å². The monoisotopic (exact) mass is 308 g/mol. The maximum absolute atomic E-state index is 5.59. The van der Waals surface area contributed by atoms with E-state index in [1.165, 1.54) is 5.56 Å². The predicted molar refractivity (Wildman–Crippen MR) is 88.8 cm³/mol. The first-order valence-corrected chi connectivity index (χ1v) is 7.75. The zero-order valence-corrected chi connectivity index (χ0v) is 13.8. The lowest BCUT2D eigenvalue weighted by molar-refractivity contribution is 0.113. The van der Waals surface area contributed by atoms with Gasteiger partial charge >= 0.3 is 0 Å². The van der Waals surface area contributed by atoms with E-state index in [2.05, 4.69) is 24.4 Å². The van der Waals surface area contributed by atoms with Crippen molar-refractivity contribution in [3.8, 4) is 5.75 Å². The van der Waals surface area contributed by atoms with Crippen LogP contribution >= 0.6 is 12.2 Å². The van der Waals surface area contributed by atoms with Gasteiger partial charge in [-0.25, -0.2) is 0 Å². The van der Waals surface area contributed by atoms with Gasteiger partial charge in [0.05, 0.1) is 13.2 Å². The molecular formula is C16H24N2O2S. The third-order valence-electron chi connectivity index (χ3n) is 3.70. The number of ether oxygens (including phenoxy) is 2. The lowest BCUT2D eigenvalue weighted by Crippen LogP contribution is -2.40. The van der Waals surface area contributed by atoms with Gasteiger partial charge in [0.15, 0.2) is 5.11 Å². The van der Waals surface area contributed by atoms with E-state index in [0.717, 1.165) is 49.0 Å². The van der Waals surface area contributed by atoms with Crippen molar-refractivity contribution in [2.75, 3.05) is 27.3 Å². The Hall–Kier alpha value is -1.33. The molecule has 0 bridgehead atoms. The molecule has 0 saturated carbocycles. The average Bonchev–Trinajstić information content (AvgIpc) is 2.98. The molecule has 5 heteroatoms. The number of nitrogens with zero attached hydrogens (tertiary/aromatic N) is 1. The minimum atomic E-state index is 0.296. The second-order valence-electron chi connectivity index (χ2n) is 5.49. The summed E-state index contributed by atoms with van der Waals surface area (Å²) in [5.41, 5.74) is 2.36. The van der Waals surface area contributed by atoms with Crippen LogP contribution in [-0.4, -0.2) is 43.4 Å². The number of thiocarbonyl (C=S) groups is 1. The van der Waals surface area contributed by atoms with Crippen molar-refractivity contribution in [1.29, 1.82) is 0 Å². The van der Waals surface area contributed by atoms with Gasteiger partial charge in [-0.05, 0) is 38.0 Å². The van der Waals surface area contributed by atoms with Crippen molar-refractivity contribution in [2.45, 2.75) is 32.4 Å². The molecule has 1 saturated heterocycles. The van der Waals surface area contributed by atoms with E-state index in [9.17, 15) is 0 Å². The van der Waals surface area contributed by atoms with Crippen molar-refractivity contribution in [1.82, 2.24) is 10.2 Å². The molecule has 1 aliphatic rings. The molecule has 1 fully saturated rings. The molecule has 4 nitrogen and oxygen atoms in total. The largest absolute Gasteiger partial charge is 0.496 e. The number of hydrogen-bond donors (Lipinski definition) is 1. The van der Waals surface area contributed by atoms with E-state index in [-0.39, 0.29) is 0 Å². The Labute approximate surface area is 132 Å². The third kappa shape index (κ3) is 4.58. The van der Waals surface area contributed by atoms with Gasteiger partial charge in [0.2, 0.25) is 0 Å². The number of aryl methyl sites for hydroxylation is 1. The lowest BCUT2D eigenvalue weighted by atomic mass is 10.1. The van der Waals surface area contributed by atoms with Crippen molar-refractivity contribution in [3.63, 3.8) is 0 Å². The summed E-state index contributed by atoms with van der Waals surface area (Å²) in [7, 11) is 3.69. The summed E-state index contributed by atoms with van der Waals surface area (Å²) >= 11 is 5.44. The summed E-state index contributed by atoms with van der Waals surface area (Å²) in [5, 5.41) is 4.03. The first-order chi connectivity index (χ1) is 10.1. The van der Waals surface area contributed by atoms with Gasteiger partial charge in [0, 0.05) is 32.3 Å². The Morgan fingerprint density at radius 1 is 1.52 bits per heavy atom. The van der Waals surface area contributed by atoms with Crippen LogP contribution in [0, 0.1) is 6.92 Å². The third-order valence-corrected chi connectivity index (χ3v) is 4.15. The van der Waals surface area contributed by atoms with E-state index in [1.54, 1.807) is 7.11 Å². The van der Waals surface area contributed by atoms with Crippen LogP contribution in [0.3, 0.4) is 0 Å². The molecule has 2 rings (SSSR count). The predicted octanol–water partition coefficient (Wildman–Crippen LogP) is 2.49. The van der Waals surface area contributed by atoms with Gasteiger partial charge in [0.1, 0.15) is 5.75 Å². The minimum Gasteiger partial charge on any atom is -0.496 e.